The summed E-state index contributed by atoms with van der Waals surface area (Å²) in [5.41, 5.74) is 1.86. The van der Waals surface area contributed by atoms with Crippen molar-refractivity contribution in [2.75, 3.05) is 5.32 Å². The van der Waals surface area contributed by atoms with E-state index in [1.54, 1.807) is 38.4 Å². The van der Waals surface area contributed by atoms with Crippen LogP contribution in [0.25, 0.3) is 11.4 Å². The third-order valence-electron chi connectivity index (χ3n) is 3.86. The average Bonchev–Trinajstić information content (AvgIpc) is 2.99. The Morgan fingerprint density at radius 3 is 2.65 bits per heavy atom. The molecule has 1 atom stereocenters. The van der Waals surface area contributed by atoms with Crippen molar-refractivity contribution in [3.8, 4) is 11.4 Å². The predicted octanol–water partition coefficient (Wildman–Crippen LogP) is 3.44. The minimum absolute atomic E-state index is 0.230. The number of carbonyl (C=O) groups is 1. The van der Waals surface area contributed by atoms with Crippen LogP contribution < -0.4 is 5.32 Å². The molecule has 1 N–H and O–H groups in total. The summed E-state index contributed by atoms with van der Waals surface area (Å²) in [5.74, 6) is 0.119. The number of aryl methyl sites for hydroxylation is 1. The molecule has 0 saturated carbocycles. The van der Waals surface area contributed by atoms with Gasteiger partial charge in [0.2, 0.25) is 5.91 Å². The summed E-state index contributed by atoms with van der Waals surface area (Å²) in [6, 6.07) is 8.32. The number of halogens is 1. The van der Waals surface area contributed by atoms with Crippen molar-refractivity contribution in [2.45, 2.75) is 24.3 Å². The summed E-state index contributed by atoms with van der Waals surface area (Å²) < 4.78 is 15.4. The van der Waals surface area contributed by atoms with Gasteiger partial charge in [-0.1, -0.05) is 17.8 Å². The summed E-state index contributed by atoms with van der Waals surface area (Å²) >= 11 is 1.29. The van der Waals surface area contributed by atoms with E-state index < -0.39 is 5.25 Å². The van der Waals surface area contributed by atoms with E-state index in [-0.39, 0.29) is 11.7 Å². The first-order chi connectivity index (χ1) is 12.5. The summed E-state index contributed by atoms with van der Waals surface area (Å²) in [7, 11) is 1.85. The van der Waals surface area contributed by atoms with Crippen LogP contribution in [0.2, 0.25) is 0 Å². The third kappa shape index (κ3) is 3.91. The number of hydrogen-bond acceptors (Lipinski definition) is 5. The number of amides is 1. The van der Waals surface area contributed by atoms with E-state index in [4.69, 9.17) is 0 Å². The largest absolute Gasteiger partial charge is 0.325 e. The van der Waals surface area contributed by atoms with E-state index in [0.29, 0.717) is 22.2 Å². The number of nitrogens with zero attached hydrogens (tertiary/aromatic N) is 4. The van der Waals surface area contributed by atoms with Crippen molar-refractivity contribution in [3.05, 3.63) is 54.1 Å². The number of nitrogens with one attached hydrogen (secondary N) is 1. The number of aromatic nitrogens is 4. The molecule has 0 saturated heterocycles. The van der Waals surface area contributed by atoms with Gasteiger partial charge in [-0.2, -0.15) is 0 Å². The van der Waals surface area contributed by atoms with E-state index >= 15 is 0 Å². The molecule has 0 aliphatic carbocycles. The van der Waals surface area contributed by atoms with Crippen LogP contribution in [0.3, 0.4) is 0 Å². The van der Waals surface area contributed by atoms with E-state index in [2.05, 4.69) is 20.5 Å². The smallest absolute Gasteiger partial charge is 0.237 e. The van der Waals surface area contributed by atoms with Gasteiger partial charge < -0.3 is 9.88 Å². The number of hydrogen-bond donors (Lipinski definition) is 1. The molecular weight excluding hydrogens is 353 g/mol. The second kappa shape index (κ2) is 7.65. The van der Waals surface area contributed by atoms with Crippen LogP contribution in [0, 0.1) is 12.7 Å². The highest BCUT2D eigenvalue weighted by atomic mass is 32.2. The molecule has 1 amide bonds. The Balaban J connectivity index is 1.69. The molecule has 0 radical (unpaired) electrons. The maximum Gasteiger partial charge on any atom is 0.237 e. The normalized spacial score (nSPS) is 12.0. The highest BCUT2D eigenvalue weighted by molar-refractivity contribution is 8.00. The molecule has 6 nitrogen and oxygen atoms in total. The number of benzene rings is 1. The van der Waals surface area contributed by atoms with E-state index in [9.17, 15) is 9.18 Å². The van der Waals surface area contributed by atoms with Crippen LogP contribution in [-0.2, 0) is 11.8 Å². The maximum atomic E-state index is 13.6. The van der Waals surface area contributed by atoms with E-state index in [0.717, 1.165) is 5.56 Å². The molecule has 2 aromatic heterocycles. The predicted molar refractivity (Wildman–Crippen MR) is 99.3 cm³/mol. The zero-order chi connectivity index (χ0) is 18.7. The number of thioether (sulfide) groups is 1. The number of rotatable bonds is 5. The Labute approximate surface area is 154 Å². The second-order valence-corrected chi connectivity index (χ2v) is 7.12. The molecule has 134 valence electrons. The zero-order valence-electron chi connectivity index (χ0n) is 14.6. The van der Waals surface area contributed by atoms with Crippen molar-refractivity contribution < 1.29 is 9.18 Å². The Morgan fingerprint density at radius 1 is 1.23 bits per heavy atom. The van der Waals surface area contributed by atoms with Crippen molar-refractivity contribution in [1.82, 2.24) is 19.7 Å². The fourth-order valence-corrected chi connectivity index (χ4v) is 3.11. The van der Waals surface area contributed by atoms with Crippen molar-refractivity contribution in [1.29, 1.82) is 0 Å². The van der Waals surface area contributed by atoms with Gasteiger partial charge in [-0.25, -0.2) is 4.39 Å². The summed E-state index contributed by atoms with van der Waals surface area (Å²) in [4.78, 5) is 16.4. The lowest BCUT2D eigenvalue weighted by Crippen LogP contribution is -2.23. The monoisotopic (exact) mass is 371 g/mol. The van der Waals surface area contributed by atoms with Gasteiger partial charge in [0.1, 0.15) is 5.82 Å². The molecule has 3 rings (SSSR count). The van der Waals surface area contributed by atoms with E-state index in [1.165, 1.54) is 17.8 Å². The van der Waals surface area contributed by atoms with Gasteiger partial charge in [0.25, 0.3) is 0 Å². The maximum absolute atomic E-state index is 13.6. The number of anilines is 1. The van der Waals surface area contributed by atoms with Gasteiger partial charge in [-0.05, 0) is 43.7 Å². The zero-order valence-corrected chi connectivity index (χ0v) is 15.4. The van der Waals surface area contributed by atoms with Gasteiger partial charge in [0, 0.05) is 30.7 Å². The molecule has 26 heavy (non-hydrogen) atoms. The summed E-state index contributed by atoms with van der Waals surface area (Å²) in [5, 5.41) is 11.3. The highest BCUT2D eigenvalue weighted by Gasteiger charge is 2.19. The lowest BCUT2D eigenvalue weighted by Gasteiger charge is -2.12. The average molecular weight is 371 g/mol. The van der Waals surface area contributed by atoms with Gasteiger partial charge in [0.15, 0.2) is 11.0 Å². The quantitative estimate of drug-likeness (QED) is 0.696. The molecule has 0 aliphatic heterocycles. The van der Waals surface area contributed by atoms with Crippen molar-refractivity contribution >= 4 is 23.4 Å². The molecule has 0 aliphatic rings. The Kier molecular flexibility index (Phi) is 5.32. The molecule has 2 heterocycles. The molecule has 0 spiro atoms. The molecule has 8 heteroatoms. The molecule has 0 fully saturated rings. The first-order valence-corrected chi connectivity index (χ1v) is 8.87. The van der Waals surface area contributed by atoms with Crippen LogP contribution in [0.15, 0.2) is 47.9 Å². The van der Waals surface area contributed by atoms with Crippen LogP contribution >= 0.6 is 11.8 Å². The topological polar surface area (TPSA) is 72.7 Å². The summed E-state index contributed by atoms with van der Waals surface area (Å²) in [6.07, 6.45) is 3.38. The second-order valence-electron chi connectivity index (χ2n) is 5.81. The van der Waals surface area contributed by atoms with Crippen LogP contribution in [-0.4, -0.2) is 30.9 Å². The molecular formula is C18H18FN5OS. The lowest BCUT2D eigenvalue weighted by molar-refractivity contribution is -0.115. The van der Waals surface area contributed by atoms with E-state index in [1.807, 2.05) is 23.7 Å². The van der Waals surface area contributed by atoms with Gasteiger partial charge >= 0.3 is 0 Å². The molecule has 3 aromatic rings. The Morgan fingerprint density at radius 2 is 1.96 bits per heavy atom. The van der Waals surface area contributed by atoms with Gasteiger partial charge in [0.05, 0.1) is 5.25 Å². The van der Waals surface area contributed by atoms with Crippen LogP contribution in [0.1, 0.15) is 12.5 Å². The first kappa shape index (κ1) is 18.1. The molecule has 1 aromatic carbocycles. The van der Waals surface area contributed by atoms with Crippen molar-refractivity contribution in [2.24, 2.45) is 7.05 Å². The summed E-state index contributed by atoms with van der Waals surface area (Å²) in [6.45, 7) is 3.44. The Hall–Kier alpha value is -2.74. The molecule has 0 unspecified atom stereocenters. The fraction of sp³-hybridized carbons (Fsp3) is 0.222. The van der Waals surface area contributed by atoms with Gasteiger partial charge in [-0.15, -0.1) is 10.2 Å². The minimum atomic E-state index is -0.424. The minimum Gasteiger partial charge on any atom is -0.325 e. The van der Waals surface area contributed by atoms with Gasteiger partial charge in [-0.3, -0.25) is 9.78 Å². The lowest BCUT2D eigenvalue weighted by atomic mass is 10.2. The third-order valence-corrected chi connectivity index (χ3v) is 5.00. The standard InChI is InChI=1S/C18H18FN5OS/c1-11-4-5-14(10-15(11)19)21-17(25)12(2)26-18-23-22-16(24(18)3)13-6-8-20-9-7-13/h4-10,12H,1-3H3,(H,21,25)/t12-/m1/s1. The number of carbonyl (C=O) groups excluding carboxylic acids is 1. The first-order valence-electron chi connectivity index (χ1n) is 7.99. The van der Waals surface area contributed by atoms with Crippen molar-refractivity contribution in [3.63, 3.8) is 0 Å². The SMILES string of the molecule is Cc1ccc(NC(=O)[C@@H](C)Sc2nnc(-c3ccncc3)n2C)cc1F. The Bertz CT molecular complexity index is 929. The highest BCUT2D eigenvalue weighted by Crippen LogP contribution is 2.26. The number of pyridine rings is 1. The van der Waals surface area contributed by atoms with Crippen LogP contribution in [0.5, 0.6) is 0 Å². The molecule has 0 bridgehead atoms. The van der Waals surface area contributed by atoms with Crippen LogP contribution in [0.4, 0.5) is 10.1 Å². The fourth-order valence-electron chi connectivity index (χ4n) is 2.30.